The lowest BCUT2D eigenvalue weighted by molar-refractivity contribution is 0.0943. The van der Waals surface area contributed by atoms with Gasteiger partial charge in [-0.3, -0.25) is 9.48 Å². The molecule has 0 spiro atoms. The highest BCUT2D eigenvalue weighted by Crippen LogP contribution is 2.33. The topological polar surface area (TPSA) is 56.2 Å². The second kappa shape index (κ2) is 6.96. The molecule has 1 saturated carbocycles. The lowest BCUT2D eigenvalue weighted by Crippen LogP contribution is -2.25. The standard InChI is InChI=1S/C19H22FN3O2/c20-16-8-4-3-7-14(16)19(24)21-11-17-15-12-25-10-9-18(15)23(22-17)13-5-1-2-6-13/h3-4,7-8,13H,1-2,5-6,9-12H2,(H,21,24). The van der Waals surface area contributed by atoms with Gasteiger partial charge in [0.15, 0.2) is 0 Å². The fraction of sp³-hybridized carbons (Fsp3) is 0.474. The third-order valence-corrected chi connectivity index (χ3v) is 5.14. The maximum atomic E-state index is 13.7. The van der Waals surface area contributed by atoms with Crippen molar-refractivity contribution >= 4 is 5.91 Å². The average Bonchev–Trinajstić information content (AvgIpc) is 3.28. The van der Waals surface area contributed by atoms with Gasteiger partial charge >= 0.3 is 0 Å². The normalized spacial score (nSPS) is 17.5. The molecular weight excluding hydrogens is 321 g/mol. The number of rotatable bonds is 4. The number of ether oxygens (including phenoxy) is 1. The molecule has 5 nitrogen and oxygen atoms in total. The first kappa shape index (κ1) is 16.3. The molecule has 0 unspecified atom stereocenters. The average molecular weight is 343 g/mol. The summed E-state index contributed by atoms with van der Waals surface area (Å²) in [6.07, 6.45) is 5.68. The van der Waals surface area contributed by atoms with Gasteiger partial charge in [0.1, 0.15) is 5.82 Å². The molecule has 1 N–H and O–H groups in total. The Morgan fingerprint density at radius 1 is 1.32 bits per heavy atom. The molecule has 1 aromatic heterocycles. The van der Waals surface area contributed by atoms with Crippen LogP contribution in [0.15, 0.2) is 24.3 Å². The van der Waals surface area contributed by atoms with Crippen molar-refractivity contribution in [2.45, 2.75) is 51.3 Å². The molecule has 2 aromatic rings. The number of fused-ring (bicyclic) bond motifs is 1. The van der Waals surface area contributed by atoms with Crippen LogP contribution in [0.25, 0.3) is 0 Å². The molecular formula is C19H22FN3O2. The second-order valence-electron chi connectivity index (χ2n) is 6.72. The molecule has 25 heavy (non-hydrogen) atoms. The van der Waals surface area contributed by atoms with Crippen molar-refractivity contribution in [3.8, 4) is 0 Å². The van der Waals surface area contributed by atoms with E-state index < -0.39 is 11.7 Å². The van der Waals surface area contributed by atoms with Gasteiger partial charge in [-0.15, -0.1) is 0 Å². The van der Waals surface area contributed by atoms with Crippen LogP contribution in [-0.2, 0) is 24.3 Å². The molecule has 132 valence electrons. The Bertz CT molecular complexity index is 781. The van der Waals surface area contributed by atoms with Gasteiger partial charge in [-0.2, -0.15) is 5.10 Å². The molecule has 4 rings (SSSR count). The monoisotopic (exact) mass is 343 g/mol. The van der Waals surface area contributed by atoms with Gasteiger partial charge in [0.05, 0.1) is 37.1 Å². The summed E-state index contributed by atoms with van der Waals surface area (Å²) in [4.78, 5) is 12.3. The van der Waals surface area contributed by atoms with Crippen LogP contribution in [-0.4, -0.2) is 22.3 Å². The van der Waals surface area contributed by atoms with Crippen LogP contribution in [0.3, 0.4) is 0 Å². The van der Waals surface area contributed by atoms with E-state index in [1.165, 1.54) is 30.7 Å². The molecule has 0 atom stereocenters. The molecule has 1 amide bonds. The molecule has 6 heteroatoms. The summed E-state index contributed by atoms with van der Waals surface area (Å²) >= 11 is 0. The largest absolute Gasteiger partial charge is 0.376 e. The lowest BCUT2D eigenvalue weighted by Gasteiger charge is -2.18. The fourth-order valence-electron chi connectivity index (χ4n) is 3.83. The van der Waals surface area contributed by atoms with Crippen molar-refractivity contribution in [2.24, 2.45) is 0 Å². The summed E-state index contributed by atoms with van der Waals surface area (Å²) in [6.45, 7) is 1.54. The van der Waals surface area contributed by atoms with Crippen LogP contribution < -0.4 is 5.32 Å². The summed E-state index contributed by atoms with van der Waals surface area (Å²) in [5.74, 6) is -0.930. The van der Waals surface area contributed by atoms with Gasteiger partial charge in [0.2, 0.25) is 0 Å². The number of hydrogen-bond acceptors (Lipinski definition) is 3. The van der Waals surface area contributed by atoms with Crippen molar-refractivity contribution in [2.75, 3.05) is 6.61 Å². The Balaban J connectivity index is 1.54. The van der Waals surface area contributed by atoms with Crippen molar-refractivity contribution in [1.29, 1.82) is 0 Å². The van der Waals surface area contributed by atoms with Gasteiger partial charge in [0, 0.05) is 17.7 Å². The highest BCUT2D eigenvalue weighted by atomic mass is 19.1. The van der Waals surface area contributed by atoms with Crippen LogP contribution in [0, 0.1) is 5.82 Å². The van der Waals surface area contributed by atoms with E-state index in [0.717, 1.165) is 30.5 Å². The van der Waals surface area contributed by atoms with E-state index in [9.17, 15) is 9.18 Å². The minimum atomic E-state index is -0.512. The molecule has 0 bridgehead atoms. The maximum absolute atomic E-state index is 13.7. The first-order valence-corrected chi connectivity index (χ1v) is 8.93. The number of nitrogens with one attached hydrogen (secondary N) is 1. The van der Waals surface area contributed by atoms with Crippen molar-refractivity contribution in [1.82, 2.24) is 15.1 Å². The maximum Gasteiger partial charge on any atom is 0.254 e. The Morgan fingerprint density at radius 3 is 2.92 bits per heavy atom. The predicted molar refractivity (Wildman–Crippen MR) is 90.7 cm³/mol. The molecule has 0 saturated heterocycles. The number of carbonyl (C=O) groups excluding carboxylic acids is 1. The predicted octanol–water partition coefficient (Wildman–Crippen LogP) is 3.14. The van der Waals surface area contributed by atoms with Gasteiger partial charge < -0.3 is 10.1 Å². The smallest absolute Gasteiger partial charge is 0.254 e. The van der Waals surface area contributed by atoms with E-state index in [1.54, 1.807) is 12.1 Å². The first-order chi connectivity index (χ1) is 12.2. The molecule has 2 heterocycles. The van der Waals surface area contributed by atoms with E-state index in [4.69, 9.17) is 9.84 Å². The van der Waals surface area contributed by atoms with Crippen LogP contribution in [0.5, 0.6) is 0 Å². The van der Waals surface area contributed by atoms with Crippen LogP contribution in [0.1, 0.15) is 59.0 Å². The zero-order chi connectivity index (χ0) is 17.2. The minimum Gasteiger partial charge on any atom is -0.376 e. The van der Waals surface area contributed by atoms with Crippen molar-refractivity contribution in [3.63, 3.8) is 0 Å². The number of nitrogens with zero attached hydrogens (tertiary/aromatic N) is 2. The molecule has 1 aliphatic carbocycles. The summed E-state index contributed by atoms with van der Waals surface area (Å²) in [5, 5.41) is 7.59. The fourth-order valence-corrected chi connectivity index (χ4v) is 3.83. The van der Waals surface area contributed by atoms with Crippen molar-refractivity contribution < 1.29 is 13.9 Å². The SMILES string of the molecule is O=C(NCc1nn(C2CCCC2)c2c1COCC2)c1ccccc1F. The third-order valence-electron chi connectivity index (χ3n) is 5.14. The van der Waals surface area contributed by atoms with E-state index in [-0.39, 0.29) is 5.56 Å². The van der Waals surface area contributed by atoms with E-state index >= 15 is 0 Å². The minimum absolute atomic E-state index is 0.0582. The van der Waals surface area contributed by atoms with Crippen molar-refractivity contribution in [3.05, 3.63) is 52.6 Å². The summed E-state index contributed by atoms with van der Waals surface area (Å²) in [7, 11) is 0. The quantitative estimate of drug-likeness (QED) is 0.928. The Hall–Kier alpha value is -2.21. The van der Waals surface area contributed by atoms with Gasteiger partial charge in [0.25, 0.3) is 5.91 Å². The lowest BCUT2D eigenvalue weighted by atomic mass is 10.1. The van der Waals surface area contributed by atoms with Gasteiger partial charge in [-0.25, -0.2) is 4.39 Å². The zero-order valence-electron chi connectivity index (χ0n) is 14.1. The van der Waals surface area contributed by atoms with Crippen LogP contribution in [0.2, 0.25) is 0 Å². The molecule has 1 aromatic carbocycles. The molecule has 2 aliphatic rings. The molecule has 1 fully saturated rings. The number of benzene rings is 1. The highest BCUT2D eigenvalue weighted by molar-refractivity contribution is 5.94. The summed E-state index contributed by atoms with van der Waals surface area (Å²) in [5.41, 5.74) is 3.23. The van der Waals surface area contributed by atoms with Crippen LogP contribution in [0.4, 0.5) is 4.39 Å². The molecule has 0 radical (unpaired) electrons. The number of hydrogen-bond donors (Lipinski definition) is 1. The van der Waals surface area contributed by atoms with Crippen LogP contribution >= 0.6 is 0 Å². The Morgan fingerprint density at radius 2 is 2.12 bits per heavy atom. The van der Waals surface area contributed by atoms with E-state index in [2.05, 4.69) is 10.00 Å². The van der Waals surface area contributed by atoms with Gasteiger partial charge in [-0.1, -0.05) is 25.0 Å². The highest BCUT2D eigenvalue weighted by Gasteiger charge is 2.27. The van der Waals surface area contributed by atoms with Gasteiger partial charge in [-0.05, 0) is 25.0 Å². The number of amides is 1. The Labute approximate surface area is 146 Å². The second-order valence-corrected chi connectivity index (χ2v) is 6.72. The number of halogens is 1. The first-order valence-electron chi connectivity index (χ1n) is 8.93. The summed E-state index contributed by atoms with van der Waals surface area (Å²) < 4.78 is 21.5. The zero-order valence-corrected chi connectivity index (χ0v) is 14.1. The number of carbonyl (C=O) groups is 1. The van der Waals surface area contributed by atoms with E-state index in [1.807, 2.05) is 0 Å². The summed E-state index contributed by atoms with van der Waals surface area (Å²) in [6, 6.07) is 6.47. The molecule has 1 aliphatic heterocycles. The van der Waals surface area contributed by atoms with E-state index in [0.29, 0.717) is 25.8 Å². The number of aromatic nitrogens is 2. The Kier molecular flexibility index (Phi) is 4.53. The third kappa shape index (κ3) is 3.18.